The molecule has 0 unspecified atom stereocenters. The molecular weight excluding hydrogens is 821 g/mol. The first-order chi connectivity index (χ1) is 29.1. The first-order valence-corrected chi connectivity index (χ1v) is 21.4. The van der Waals surface area contributed by atoms with Gasteiger partial charge in [0, 0.05) is 34.1 Å². The van der Waals surface area contributed by atoms with Crippen molar-refractivity contribution >= 4 is 78.3 Å². The highest BCUT2D eigenvalue weighted by Gasteiger charge is 2.19. The summed E-state index contributed by atoms with van der Waals surface area (Å²) in [5, 5.41) is 15.6. The summed E-state index contributed by atoms with van der Waals surface area (Å²) in [4.78, 5) is 49.4. The number of sulfonamides is 2. The van der Waals surface area contributed by atoms with E-state index in [1.807, 2.05) is 47.6 Å². The molecular formula is C43H40N8O8S2. The van der Waals surface area contributed by atoms with Gasteiger partial charge in [0.1, 0.15) is 0 Å². The van der Waals surface area contributed by atoms with E-state index in [2.05, 4.69) is 31.9 Å². The van der Waals surface area contributed by atoms with Crippen LogP contribution in [0.15, 0.2) is 155 Å². The van der Waals surface area contributed by atoms with Crippen molar-refractivity contribution in [3.05, 3.63) is 168 Å². The molecule has 312 valence electrons. The Labute approximate surface area is 352 Å². The summed E-state index contributed by atoms with van der Waals surface area (Å²) in [5.41, 5.74) is 6.34. The van der Waals surface area contributed by atoms with Crippen LogP contribution in [-0.2, 0) is 26.5 Å². The summed E-state index contributed by atoms with van der Waals surface area (Å²) in [5.74, 6) is 0. The molecule has 0 saturated heterocycles. The molecule has 0 aliphatic carbocycles. The zero-order valence-corrected chi connectivity index (χ0v) is 34.3. The molecule has 0 aliphatic heterocycles. The predicted octanol–water partition coefficient (Wildman–Crippen LogP) is 8.20. The maximum Gasteiger partial charge on any atom is 0.333 e. The summed E-state index contributed by atoms with van der Waals surface area (Å²) < 4.78 is 55.3. The van der Waals surface area contributed by atoms with Gasteiger partial charge < -0.3 is 31.9 Å². The van der Waals surface area contributed by atoms with Gasteiger partial charge >= 0.3 is 24.1 Å². The summed E-state index contributed by atoms with van der Waals surface area (Å²) in [6.45, 7) is 3.85. The van der Waals surface area contributed by atoms with E-state index in [1.165, 1.54) is 48.5 Å². The molecule has 6 rings (SSSR count). The van der Waals surface area contributed by atoms with E-state index < -0.39 is 44.2 Å². The number of rotatable bonds is 12. The van der Waals surface area contributed by atoms with Crippen molar-refractivity contribution in [1.29, 1.82) is 0 Å². The van der Waals surface area contributed by atoms with Crippen molar-refractivity contribution in [3.63, 3.8) is 0 Å². The third-order valence-corrected chi connectivity index (χ3v) is 11.4. The van der Waals surface area contributed by atoms with Gasteiger partial charge in [-0.15, -0.1) is 0 Å². The molecule has 61 heavy (non-hydrogen) atoms. The van der Waals surface area contributed by atoms with Crippen LogP contribution in [0.2, 0.25) is 0 Å². The predicted molar refractivity (Wildman–Crippen MR) is 235 cm³/mol. The molecule has 0 aromatic heterocycles. The molecule has 18 heteroatoms. The summed E-state index contributed by atoms with van der Waals surface area (Å²) >= 11 is 0. The Hall–Kier alpha value is -7.70. The molecule has 0 bridgehead atoms. The summed E-state index contributed by atoms with van der Waals surface area (Å²) in [6.07, 6.45) is 0.471. The Kier molecular flexibility index (Phi) is 13.3. The fourth-order valence-electron chi connectivity index (χ4n) is 5.62. The van der Waals surface area contributed by atoms with Crippen LogP contribution in [0.4, 0.5) is 53.3 Å². The summed E-state index contributed by atoms with van der Waals surface area (Å²) in [6, 6.07) is 35.5. The number of amides is 8. The molecule has 6 aromatic carbocycles. The Bertz CT molecular complexity index is 2560. The van der Waals surface area contributed by atoms with Crippen LogP contribution in [0.25, 0.3) is 0 Å². The van der Waals surface area contributed by atoms with Crippen molar-refractivity contribution in [1.82, 2.24) is 9.44 Å². The van der Waals surface area contributed by atoms with Crippen LogP contribution in [0.1, 0.15) is 22.3 Å². The lowest BCUT2D eigenvalue weighted by molar-refractivity contribution is 0.255. The van der Waals surface area contributed by atoms with Crippen LogP contribution in [-0.4, -0.2) is 41.0 Å². The second-order valence-corrected chi connectivity index (χ2v) is 17.0. The van der Waals surface area contributed by atoms with Crippen LogP contribution < -0.4 is 41.3 Å². The van der Waals surface area contributed by atoms with Crippen molar-refractivity contribution in [3.8, 4) is 0 Å². The monoisotopic (exact) mass is 860 g/mol. The highest BCUT2D eigenvalue weighted by atomic mass is 32.2. The maximum atomic E-state index is 12.8. The zero-order chi connectivity index (χ0) is 43.6. The molecule has 0 aliphatic rings. The average Bonchev–Trinajstić information content (AvgIpc) is 3.21. The minimum atomic E-state index is -4.24. The zero-order valence-electron chi connectivity index (χ0n) is 32.6. The number of benzene rings is 6. The minimum Gasteiger partial charge on any atom is -0.308 e. The van der Waals surface area contributed by atoms with E-state index in [-0.39, 0.29) is 9.79 Å². The second kappa shape index (κ2) is 18.9. The smallest absolute Gasteiger partial charge is 0.308 e. The van der Waals surface area contributed by atoms with Crippen LogP contribution >= 0.6 is 0 Å². The molecule has 0 heterocycles. The Morgan fingerprint density at radius 3 is 0.852 bits per heavy atom. The van der Waals surface area contributed by atoms with E-state index >= 15 is 0 Å². The van der Waals surface area contributed by atoms with Crippen LogP contribution in [0.3, 0.4) is 0 Å². The average molecular weight is 861 g/mol. The van der Waals surface area contributed by atoms with Gasteiger partial charge in [-0.05, 0) is 128 Å². The third-order valence-electron chi connectivity index (χ3n) is 8.75. The maximum absolute atomic E-state index is 12.8. The van der Waals surface area contributed by atoms with Gasteiger partial charge in [0.25, 0.3) is 20.0 Å². The topological polar surface area (TPSA) is 233 Å². The molecule has 8 amide bonds. The Morgan fingerprint density at radius 1 is 0.344 bits per heavy atom. The fraction of sp³-hybridized carbons (Fsp3) is 0.0698. The van der Waals surface area contributed by atoms with Crippen LogP contribution in [0.5, 0.6) is 0 Å². The van der Waals surface area contributed by atoms with Crippen LogP contribution in [0, 0.1) is 13.8 Å². The largest absolute Gasteiger partial charge is 0.333 e. The molecule has 0 radical (unpaired) electrons. The second-order valence-electron chi connectivity index (χ2n) is 13.6. The molecule has 0 spiro atoms. The molecule has 16 nitrogen and oxygen atoms in total. The number of anilines is 6. The first kappa shape index (κ1) is 42.9. The number of carbonyl (C=O) groups excluding carboxylic acids is 4. The van der Waals surface area contributed by atoms with Crippen molar-refractivity contribution in [2.24, 2.45) is 0 Å². The van der Waals surface area contributed by atoms with E-state index in [1.54, 1.807) is 72.8 Å². The molecule has 0 fully saturated rings. The lowest BCUT2D eigenvalue weighted by Crippen LogP contribution is -2.34. The van der Waals surface area contributed by atoms with Gasteiger partial charge in [-0.3, -0.25) is 0 Å². The first-order valence-electron chi connectivity index (χ1n) is 18.4. The van der Waals surface area contributed by atoms with E-state index in [0.717, 1.165) is 22.3 Å². The molecule has 0 atom stereocenters. The van der Waals surface area contributed by atoms with Gasteiger partial charge in [0.2, 0.25) is 0 Å². The van der Waals surface area contributed by atoms with Gasteiger partial charge in [-0.25, -0.2) is 45.5 Å². The molecule has 6 aromatic rings. The number of nitrogens with one attached hydrogen (secondary N) is 8. The SMILES string of the molecule is Cc1ccc(NC(=O)Nc2ccc(S(=O)(=O)NC(=O)Nc3ccc(Cc4ccc(NC(=O)NS(=O)(=O)c5ccc(NC(=O)Nc6ccc(C)cc6)cc5)cc4)cc3)cc2)cc1. The molecule has 0 saturated carbocycles. The normalized spacial score (nSPS) is 11.0. The number of aryl methyl sites for hydroxylation is 2. The van der Waals surface area contributed by atoms with Gasteiger partial charge in [-0.2, -0.15) is 0 Å². The fourth-order valence-corrected chi connectivity index (χ4v) is 7.43. The highest BCUT2D eigenvalue weighted by Crippen LogP contribution is 2.20. The van der Waals surface area contributed by atoms with E-state index in [0.29, 0.717) is 40.5 Å². The lowest BCUT2D eigenvalue weighted by Gasteiger charge is -2.11. The number of hydrogen-bond donors (Lipinski definition) is 8. The van der Waals surface area contributed by atoms with Gasteiger partial charge in [-0.1, -0.05) is 59.7 Å². The van der Waals surface area contributed by atoms with E-state index in [4.69, 9.17) is 0 Å². The minimum absolute atomic E-state index is 0.187. The highest BCUT2D eigenvalue weighted by molar-refractivity contribution is 7.90. The standard InChI is InChI=1S/C43H40N8O8S2/c1-28-3-11-32(12-4-28)44-40(52)46-36-19-23-38(24-20-36)60(56,57)50-42(54)48-34-15-7-30(8-16-34)27-31-9-17-35(18-10-31)49-43(55)51-61(58,59)39-25-21-37(22-26-39)47-41(53)45-33-13-5-29(2)6-14-33/h3-26H,27H2,1-2H3,(H2,44,46,52)(H2,45,47,53)(H2,48,50,54)(H2,49,51,55). The number of urea groups is 4. The van der Waals surface area contributed by atoms with Gasteiger partial charge in [0.15, 0.2) is 0 Å². The summed E-state index contributed by atoms with van der Waals surface area (Å²) in [7, 11) is -8.47. The van der Waals surface area contributed by atoms with Crippen molar-refractivity contribution < 1.29 is 36.0 Å². The number of carbonyl (C=O) groups is 4. The quantitative estimate of drug-likeness (QED) is 0.0596. The third kappa shape index (κ3) is 12.6. The lowest BCUT2D eigenvalue weighted by atomic mass is 10.0. The molecule has 8 N–H and O–H groups in total. The van der Waals surface area contributed by atoms with Crippen molar-refractivity contribution in [2.75, 3.05) is 31.9 Å². The Morgan fingerprint density at radius 2 is 0.574 bits per heavy atom. The van der Waals surface area contributed by atoms with Gasteiger partial charge in [0.05, 0.1) is 9.79 Å². The van der Waals surface area contributed by atoms with E-state index in [9.17, 15) is 36.0 Å². The Balaban J connectivity index is 0.930. The number of hydrogen-bond acceptors (Lipinski definition) is 8. The van der Waals surface area contributed by atoms with Crippen molar-refractivity contribution in [2.45, 2.75) is 30.1 Å².